The van der Waals surface area contributed by atoms with Crippen molar-refractivity contribution in [2.75, 3.05) is 0 Å². The van der Waals surface area contributed by atoms with Gasteiger partial charge in [0, 0.05) is 0 Å². The van der Waals surface area contributed by atoms with Crippen LogP contribution in [-0.4, -0.2) is 0 Å². The minimum absolute atomic E-state index is 0.733. The third-order valence-corrected chi connectivity index (χ3v) is 5.18. The third-order valence-electron chi connectivity index (χ3n) is 5.18. The highest BCUT2D eigenvalue weighted by Crippen LogP contribution is 2.58. The van der Waals surface area contributed by atoms with E-state index in [0.717, 1.165) is 36.0 Å². The third kappa shape index (κ3) is 2.50. The van der Waals surface area contributed by atoms with Gasteiger partial charge in [0.05, 0.1) is 0 Å². The topological polar surface area (TPSA) is 0 Å². The summed E-state index contributed by atoms with van der Waals surface area (Å²) in [6, 6.07) is 0. The molecule has 2 aliphatic carbocycles. The number of hydrogen-bond donors (Lipinski definition) is 0. The SMILES string of the molecule is C=C=C1CC(C=CCC)C(CC)C(CC)C2CC12. The van der Waals surface area contributed by atoms with E-state index in [-0.39, 0.29) is 0 Å². The van der Waals surface area contributed by atoms with E-state index in [1.54, 1.807) is 0 Å². The highest BCUT2D eigenvalue weighted by molar-refractivity contribution is 5.21. The van der Waals surface area contributed by atoms with Gasteiger partial charge in [0.1, 0.15) is 0 Å². The van der Waals surface area contributed by atoms with Crippen molar-refractivity contribution in [3.63, 3.8) is 0 Å². The largest absolute Gasteiger partial charge is 0.129 e. The number of hydrogen-bond acceptors (Lipinski definition) is 0. The van der Waals surface area contributed by atoms with E-state index in [1.807, 2.05) is 0 Å². The van der Waals surface area contributed by atoms with Crippen LogP contribution in [-0.2, 0) is 0 Å². The maximum Gasteiger partial charge on any atom is -0.00928 e. The van der Waals surface area contributed by atoms with Crippen LogP contribution < -0.4 is 0 Å². The van der Waals surface area contributed by atoms with E-state index in [9.17, 15) is 0 Å². The molecule has 5 unspecified atom stereocenters. The molecule has 0 aromatic carbocycles. The Morgan fingerprint density at radius 3 is 2.50 bits per heavy atom. The molecule has 100 valence electrons. The highest BCUT2D eigenvalue weighted by Gasteiger charge is 2.50. The van der Waals surface area contributed by atoms with Gasteiger partial charge in [-0.1, -0.05) is 52.3 Å². The van der Waals surface area contributed by atoms with E-state index in [4.69, 9.17) is 0 Å². The fraction of sp³-hybridized carbons (Fsp3) is 0.722. The Kier molecular flexibility index (Phi) is 4.51. The van der Waals surface area contributed by atoms with Crippen LogP contribution in [0.4, 0.5) is 0 Å². The van der Waals surface area contributed by atoms with Gasteiger partial charge in [-0.3, -0.25) is 0 Å². The average Bonchev–Trinajstić information content (AvgIpc) is 3.16. The van der Waals surface area contributed by atoms with Crippen molar-refractivity contribution in [2.24, 2.45) is 29.6 Å². The molecule has 2 aliphatic rings. The smallest absolute Gasteiger partial charge is 0.00928 e. The summed E-state index contributed by atoms with van der Waals surface area (Å²) in [5.41, 5.74) is 4.79. The van der Waals surface area contributed by atoms with Crippen molar-refractivity contribution in [1.29, 1.82) is 0 Å². The first kappa shape index (κ1) is 13.7. The maximum absolute atomic E-state index is 3.93. The Labute approximate surface area is 113 Å². The molecule has 5 atom stereocenters. The lowest BCUT2D eigenvalue weighted by Gasteiger charge is -2.29. The van der Waals surface area contributed by atoms with Crippen LogP contribution in [0.2, 0.25) is 0 Å². The average molecular weight is 244 g/mol. The fourth-order valence-corrected chi connectivity index (χ4v) is 4.22. The van der Waals surface area contributed by atoms with Crippen molar-refractivity contribution in [1.82, 2.24) is 0 Å². The van der Waals surface area contributed by atoms with Crippen LogP contribution in [0.5, 0.6) is 0 Å². The second-order valence-electron chi connectivity index (χ2n) is 6.06. The van der Waals surface area contributed by atoms with Crippen LogP contribution in [0.1, 0.15) is 52.9 Å². The Hall–Kier alpha value is -0.740. The molecule has 0 amide bonds. The minimum atomic E-state index is 0.733. The molecule has 0 bridgehead atoms. The maximum atomic E-state index is 3.93. The van der Waals surface area contributed by atoms with Crippen molar-refractivity contribution in [3.8, 4) is 0 Å². The summed E-state index contributed by atoms with van der Waals surface area (Å²) in [6.45, 7) is 10.9. The molecular weight excluding hydrogens is 216 g/mol. The van der Waals surface area contributed by atoms with Crippen LogP contribution in [0.15, 0.2) is 30.0 Å². The number of allylic oxidation sites excluding steroid dienone is 3. The number of rotatable bonds is 4. The molecule has 0 heteroatoms. The van der Waals surface area contributed by atoms with Gasteiger partial charge in [-0.2, -0.15) is 0 Å². The first-order valence-electron chi connectivity index (χ1n) is 7.82. The Morgan fingerprint density at radius 2 is 1.94 bits per heavy atom. The molecule has 18 heavy (non-hydrogen) atoms. The van der Waals surface area contributed by atoms with E-state index in [0.29, 0.717) is 0 Å². The summed E-state index contributed by atoms with van der Waals surface area (Å²) in [6.07, 6.45) is 11.3. The minimum Gasteiger partial charge on any atom is -0.129 e. The van der Waals surface area contributed by atoms with Gasteiger partial charge in [0.25, 0.3) is 0 Å². The van der Waals surface area contributed by atoms with E-state index < -0.39 is 0 Å². The lowest BCUT2D eigenvalue weighted by molar-refractivity contribution is 0.227. The zero-order chi connectivity index (χ0) is 13.1. The van der Waals surface area contributed by atoms with Crippen LogP contribution in [0.25, 0.3) is 0 Å². The molecule has 0 aromatic heterocycles. The highest BCUT2D eigenvalue weighted by atomic mass is 14.5. The van der Waals surface area contributed by atoms with Gasteiger partial charge in [-0.25, -0.2) is 0 Å². The van der Waals surface area contributed by atoms with E-state index in [2.05, 4.69) is 45.2 Å². The van der Waals surface area contributed by atoms with Crippen molar-refractivity contribution in [2.45, 2.75) is 52.9 Å². The molecule has 0 spiro atoms. The summed E-state index contributed by atoms with van der Waals surface area (Å²) in [7, 11) is 0. The molecule has 0 heterocycles. The van der Waals surface area contributed by atoms with Crippen LogP contribution >= 0.6 is 0 Å². The van der Waals surface area contributed by atoms with Gasteiger partial charge in [-0.15, -0.1) is 5.73 Å². The van der Waals surface area contributed by atoms with Crippen molar-refractivity contribution >= 4 is 0 Å². The van der Waals surface area contributed by atoms with Gasteiger partial charge < -0.3 is 0 Å². The van der Waals surface area contributed by atoms with E-state index >= 15 is 0 Å². The zero-order valence-corrected chi connectivity index (χ0v) is 12.3. The zero-order valence-electron chi connectivity index (χ0n) is 12.3. The lowest BCUT2D eigenvalue weighted by Crippen LogP contribution is -2.22. The first-order valence-corrected chi connectivity index (χ1v) is 7.82. The molecule has 0 aromatic rings. The molecule has 2 rings (SSSR count). The second-order valence-corrected chi connectivity index (χ2v) is 6.06. The summed E-state index contributed by atoms with van der Waals surface area (Å²) >= 11 is 0. The molecule has 0 radical (unpaired) electrons. The molecule has 2 saturated carbocycles. The van der Waals surface area contributed by atoms with Gasteiger partial charge in [-0.05, 0) is 54.4 Å². The molecule has 0 N–H and O–H groups in total. The Bertz CT molecular complexity index is 356. The van der Waals surface area contributed by atoms with Crippen molar-refractivity contribution < 1.29 is 0 Å². The Morgan fingerprint density at radius 1 is 1.22 bits per heavy atom. The summed E-state index contributed by atoms with van der Waals surface area (Å²) in [5.74, 6) is 4.32. The quantitative estimate of drug-likeness (QED) is 0.460. The molecule has 0 saturated heterocycles. The molecular formula is C18H28. The number of fused-ring (bicyclic) bond motifs is 1. The van der Waals surface area contributed by atoms with Crippen LogP contribution in [0, 0.1) is 29.6 Å². The van der Waals surface area contributed by atoms with Gasteiger partial charge in [0.15, 0.2) is 0 Å². The predicted octanol–water partition coefficient (Wildman–Crippen LogP) is 5.37. The van der Waals surface area contributed by atoms with Gasteiger partial charge in [0.2, 0.25) is 0 Å². The Balaban J connectivity index is 2.25. The second kappa shape index (κ2) is 5.93. The van der Waals surface area contributed by atoms with Gasteiger partial charge >= 0.3 is 0 Å². The molecule has 2 fully saturated rings. The first-order chi connectivity index (χ1) is 8.76. The summed E-state index contributed by atoms with van der Waals surface area (Å²) in [5, 5.41) is 0. The van der Waals surface area contributed by atoms with Crippen LogP contribution in [0.3, 0.4) is 0 Å². The van der Waals surface area contributed by atoms with Crippen molar-refractivity contribution in [3.05, 3.63) is 30.0 Å². The lowest BCUT2D eigenvalue weighted by atomic mass is 9.75. The predicted molar refractivity (Wildman–Crippen MR) is 79.4 cm³/mol. The summed E-state index contributed by atoms with van der Waals surface area (Å²) in [4.78, 5) is 0. The van der Waals surface area contributed by atoms with E-state index in [1.165, 1.54) is 31.3 Å². The summed E-state index contributed by atoms with van der Waals surface area (Å²) < 4.78 is 0. The molecule has 0 nitrogen and oxygen atoms in total. The standard InChI is InChI=1S/C18H28/c1-5-9-10-14-11-13(6-2)17-12-18(17)16(8-4)15(14)7-3/h9-10,14-18H,2,5,7-8,11-12H2,1,3-4H3. The monoisotopic (exact) mass is 244 g/mol. The fourth-order valence-electron chi connectivity index (χ4n) is 4.22. The normalized spacial score (nSPS) is 39.3. The molecule has 0 aliphatic heterocycles.